The minimum Gasteiger partial charge on any atom is -0.454 e. The van der Waals surface area contributed by atoms with E-state index in [4.69, 9.17) is 4.74 Å². The van der Waals surface area contributed by atoms with E-state index in [2.05, 4.69) is 15.4 Å². The highest BCUT2D eigenvalue weighted by atomic mass is 32.2. The maximum absolute atomic E-state index is 12.1. The first-order valence-corrected chi connectivity index (χ1v) is 10.5. The Bertz CT molecular complexity index is 801. The molecule has 1 fully saturated rings. The van der Waals surface area contributed by atoms with Crippen molar-refractivity contribution in [3.63, 3.8) is 0 Å². The molecule has 28 heavy (non-hydrogen) atoms. The van der Waals surface area contributed by atoms with Gasteiger partial charge in [-0.25, -0.2) is 13.1 Å². The van der Waals surface area contributed by atoms with Crippen molar-refractivity contribution >= 4 is 27.8 Å². The van der Waals surface area contributed by atoms with E-state index in [1.807, 2.05) is 6.92 Å². The topological polar surface area (TPSA) is 131 Å². The van der Waals surface area contributed by atoms with E-state index in [9.17, 15) is 22.8 Å². The molecule has 2 rings (SSSR count). The highest BCUT2D eigenvalue weighted by Gasteiger charge is 2.18. The molecular formula is C18H25N3O6S. The van der Waals surface area contributed by atoms with Crippen molar-refractivity contribution in [2.45, 2.75) is 43.5 Å². The first-order valence-electron chi connectivity index (χ1n) is 9.04. The molecule has 1 saturated carbocycles. The molecule has 154 valence electrons. The number of carbonyl (C=O) groups excluding carboxylic acids is 3. The predicted molar refractivity (Wildman–Crippen MR) is 101 cm³/mol. The molecule has 1 aliphatic carbocycles. The average Bonchev–Trinajstić information content (AvgIpc) is 3.16. The molecule has 0 heterocycles. The number of nitrogens with one attached hydrogen (secondary N) is 3. The molecule has 3 N–H and O–H groups in total. The Kier molecular flexibility index (Phi) is 7.94. The lowest BCUT2D eigenvalue weighted by Gasteiger charge is -2.12. The summed E-state index contributed by atoms with van der Waals surface area (Å²) in [5.74, 6) is -1.85. The number of benzene rings is 1. The Morgan fingerprint density at radius 2 is 1.68 bits per heavy atom. The van der Waals surface area contributed by atoms with E-state index < -0.39 is 41.6 Å². The molecular weight excluding hydrogens is 386 g/mol. The number of hydrogen-bond acceptors (Lipinski definition) is 6. The van der Waals surface area contributed by atoms with Crippen LogP contribution in [-0.4, -0.2) is 51.9 Å². The number of carbonyl (C=O) groups is 3. The third-order valence-electron chi connectivity index (χ3n) is 4.27. The molecule has 0 atom stereocenters. The zero-order valence-corrected chi connectivity index (χ0v) is 16.5. The lowest BCUT2D eigenvalue weighted by atomic mass is 10.2. The van der Waals surface area contributed by atoms with Crippen molar-refractivity contribution in [1.82, 2.24) is 15.4 Å². The van der Waals surface area contributed by atoms with Gasteiger partial charge in [-0.15, -0.1) is 0 Å². The average molecular weight is 411 g/mol. The molecule has 0 saturated heterocycles. The Morgan fingerprint density at radius 3 is 2.32 bits per heavy atom. The van der Waals surface area contributed by atoms with Gasteiger partial charge in [0.1, 0.15) is 6.54 Å². The maximum atomic E-state index is 12.1. The predicted octanol–water partition coefficient (Wildman–Crippen LogP) is -0.00848. The third-order valence-corrected chi connectivity index (χ3v) is 5.69. The van der Waals surface area contributed by atoms with Gasteiger partial charge in [-0.1, -0.05) is 30.5 Å². The lowest BCUT2D eigenvalue weighted by Crippen LogP contribution is -2.40. The van der Waals surface area contributed by atoms with Crippen LogP contribution in [0.2, 0.25) is 0 Å². The second kappa shape index (κ2) is 10.2. The van der Waals surface area contributed by atoms with Crippen molar-refractivity contribution < 1.29 is 27.5 Å². The standard InChI is InChI=1S/C18H25N3O6S/c1-13-6-8-15(9-7-13)28(25,26)20-10-16(22)19-11-18(24)27-12-17(23)21-14-4-2-3-5-14/h6-9,14,20H,2-5,10-12H2,1H3,(H,19,22)(H,21,23). The fourth-order valence-corrected chi connectivity index (χ4v) is 3.71. The number of hydrogen-bond donors (Lipinski definition) is 3. The molecule has 1 aliphatic rings. The third kappa shape index (κ3) is 7.28. The smallest absolute Gasteiger partial charge is 0.325 e. The quantitative estimate of drug-likeness (QED) is 0.490. The summed E-state index contributed by atoms with van der Waals surface area (Å²) in [7, 11) is -3.82. The van der Waals surface area contributed by atoms with Gasteiger partial charge in [0.15, 0.2) is 6.61 Å². The summed E-state index contributed by atoms with van der Waals surface area (Å²) in [6.07, 6.45) is 4.00. The number of aryl methyl sites for hydroxylation is 1. The van der Waals surface area contributed by atoms with Crippen LogP contribution in [0, 0.1) is 6.92 Å². The second-order valence-corrected chi connectivity index (χ2v) is 8.39. The van der Waals surface area contributed by atoms with Crippen LogP contribution in [0.4, 0.5) is 0 Å². The molecule has 9 nitrogen and oxygen atoms in total. The van der Waals surface area contributed by atoms with E-state index in [1.54, 1.807) is 12.1 Å². The van der Waals surface area contributed by atoms with Crippen LogP contribution in [0.1, 0.15) is 31.2 Å². The van der Waals surface area contributed by atoms with Crippen LogP contribution < -0.4 is 15.4 Å². The van der Waals surface area contributed by atoms with Crippen molar-refractivity contribution in [2.24, 2.45) is 0 Å². The van der Waals surface area contributed by atoms with Gasteiger partial charge in [0.25, 0.3) is 5.91 Å². The van der Waals surface area contributed by atoms with E-state index in [-0.39, 0.29) is 16.8 Å². The Morgan fingerprint density at radius 1 is 1.04 bits per heavy atom. The van der Waals surface area contributed by atoms with E-state index in [0.29, 0.717) is 0 Å². The second-order valence-electron chi connectivity index (χ2n) is 6.62. The molecule has 1 aromatic carbocycles. The van der Waals surface area contributed by atoms with Gasteiger partial charge in [0.2, 0.25) is 15.9 Å². The van der Waals surface area contributed by atoms with Gasteiger partial charge in [0, 0.05) is 6.04 Å². The first-order chi connectivity index (χ1) is 13.3. The molecule has 0 radical (unpaired) electrons. The Balaban J connectivity index is 1.65. The summed E-state index contributed by atoms with van der Waals surface area (Å²) in [5.41, 5.74) is 0.909. The van der Waals surface area contributed by atoms with Gasteiger partial charge in [-0.3, -0.25) is 14.4 Å². The molecule has 2 amide bonds. The summed E-state index contributed by atoms with van der Waals surface area (Å²) in [4.78, 5) is 35.0. The van der Waals surface area contributed by atoms with E-state index in [0.717, 1.165) is 31.2 Å². The summed E-state index contributed by atoms with van der Waals surface area (Å²) in [5, 5.41) is 5.02. The number of rotatable bonds is 9. The number of ether oxygens (including phenoxy) is 1. The van der Waals surface area contributed by atoms with Gasteiger partial charge >= 0.3 is 5.97 Å². The van der Waals surface area contributed by atoms with Crippen LogP contribution in [0.3, 0.4) is 0 Å². The summed E-state index contributed by atoms with van der Waals surface area (Å²) < 4.78 is 31.1. The highest BCUT2D eigenvalue weighted by Crippen LogP contribution is 2.17. The van der Waals surface area contributed by atoms with Gasteiger partial charge < -0.3 is 15.4 Å². The zero-order chi connectivity index (χ0) is 20.6. The van der Waals surface area contributed by atoms with Crippen LogP contribution in [-0.2, 0) is 29.1 Å². The first kappa shape index (κ1) is 21.8. The molecule has 0 spiro atoms. The summed E-state index contributed by atoms with van der Waals surface area (Å²) >= 11 is 0. The number of esters is 1. The largest absolute Gasteiger partial charge is 0.454 e. The van der Waals surface area contributed by atoms with Gasteiger partial charge in [0.05, 0.1) is 11.4 Å². The SMILES string of the molecule is Cc1ccc(S(=O)(=O)NCC(=O)NCC(=O)OCC(=O)NC2CCCC2)cc1. The molecule has 10 heteroatoms. The fraction of sp³-hybridized carbons (Fsp3) is 0.500. The Labute approximate surface area is 164 Å². The van der Waals surface area contributed by atoms with Gasteiger partial charge in [-0.05, 0) is 31.9 Å². The lowest BCUT2D eigenvalue weighted by molar-refractivity contribution is -0.148. The molecule has 1 aromatic rings. The van der Waals surface area contributed by atoms with Crippen molar-refractivity contribution in [1.29, 1.82) is 0 Å². The van der Waals surface area contributed by atoms with Gasteiger partial charge in [-0.2, -0.15) is 0 Å². The summed E-state index contributed by atoms with van der Waals surface area (Å²) in [6.45, 7) is 0.438. The van der Waals surface area contributed by atoms with Crippen LogP contribution in [0.25, 0.3) is 0 Å². The normalized spacial score (nSPS) is 14.5. The number of sulfonamides is 1. The maximum Gasteiger partial charge on any atom is 0.325 e. The van der Waals surface area contributed by atoms with Crippen LogP contribution in [0.15, 0.2) is 29.2 Å². The van der Waals surface area contributed by atoms with Crippen molar-refractivity contribution in [2.75, 3.05) is 19.7 Å². The minimum absolute atomic E-state index is 0.0404. The Hall–Kier alpha value is -2.46. The minimum atomic E-state index is -3.82. The van der Waals surface area contributed by atoms with E-state index in [1.165, 1.54) is 12.1 Å². The zero-order valence-electron chi connectivity index (χ0n) is 15.7. The summed E-state index contributed by atoms with van der Waals surface area (Å²) in [6, 6.07) is 6.29. The van der Waals surface area contributed by atoms with Crippen molar-refractivity contribution in [3.8, 4) is 0 Å². The fourth-order valence-electron chi connectivity index (χ4n) is 2.73. The van der Waals surface area contributed by atoms with E-state index >= 15 is 0 Å². The monoisotopic (exact) mass is 411 g/mol. The van der Waals surface area contributed by atoms with Crippen LogP contribution >= 0.6 is 0 Å². The molecule has 0 aromatic heterocycles. The highest BCUT2D eigenvalue weighted by molar-refractivity contribution is 7.89. The molecule has 0 unspecified atom stereocenters. The number of amides is 2. The van der Waals surface area contributed by atoms with Crippen LogP contribution in [0.5, 0.6) is 0 Å². The van der Waals surface area contributed by atoms with Crippen molar-refractivity contribution in [3.05, 3.63) is 29.8 Å². The molecule has 0 aliphatic heterocycles. The molecule has 0 bridgehead atoms.